The Hall–Kier alpha value is -0.160. The summed E-state index contributed by atoms with van der Waals surface area (Å²) in [6.07, 6.45) is 7.47. The van der Waals surface area contributed by atoms with Crippen molar-refractivity contribution in [2.24, 2.45) is 5.41 Å². The van der Waals surface area contributed by atoms with Crippen LogP contribution in [-0.2, 0) is 14.2 Å². The maximum Gasteiger partial charge on any atom is 0.0700 e. The first-order valence-electron chi connectivity index (χ1n) is 8.51. The molecule has 1 unspecified atom stereocenters. The number of hydrogen-bond donors (Lipinski definition) is 1. The Morgan fingerprint density at radius 2 is 1.57 bits per heavy atom. The molecule has 0 aromatic heterocycles. The smallest absolute Gasteiger partial charge is 0.0700 e. The van der Waals surface area contributed by atoms with Crippen LogP contribution in [0.4, 0.5) is 0 Å². The van der Waals surface area contributed by atoms with Gasteiger partial charge in [-0.15, -0.1) is 0 Å². The second kappa shape index (κ2) is 14.8. The normalized spacial score (nSPS) is 14.3. The van der Waals surface area contributed by atoms with Crippen LogP contribution in [0.25, 0.3) is 0 Å². The van der Waals surface area contributed by atoms with Crippen molar-refractivity contribution < 1.29 is 14.2 Å². The summed E-state index contributed by atoms with van der Waals surface area (Å²) in [5, 5.41) is 3.56. The molecular weight excluding hydrogens is 266 g/mol. The molecule has 0 spiro atoms. The van der Waals surface area contributed by atoms with Crippen LogP contribution in [0.15, 0.2) is 0 Å². The van der Waals surface area contributed by atoms with Crippen LogP contribution in [0, 0.1) is 5.41 Å². The molecule has 128 valence electrons. The van der Waals surface area contributed by atoms with E-state index in [1.807, 2.05) is 0 Å². The maximum absolute atomic E-state index is 5.60. The van der Waals surface area contributed by atoms with Gasteiger partial charge in [0.25, 0.3) is 0 Å². The average Bonchev–Trinajstić information content (AvgIpc) is 2.52. The predicted octanol–water partition coefficient (Wildman–Crippen LogP) is 3.25. The minimum absolute atomic E-state index is 0.411. The van der Waals surface area contributed by atoms with E-state index in [-0.39, 0.29) is 0 Å². The minimum Gasteiger partial charge on any atom is -0.383 e. The fourth-order valence-corrected chi connectivity index (χ4v) is 2.65. The van der Waals surface area contributed by atoms with Crippen molar-refractivity contribution in [2.45, 2.75) is 52.4 Å². The van der Waals surface area contributed by atoms with E-state index >= 15 is 0 Å². The zero-order chi connectivity index (χ0) is 15.8. The molecule has 0 amide bonds. The van der Waals surface area contributed by atoms with Crippen molar-refractivity contribution in [3.8, 4) is 0 Å². The molecule has 0 radical (unpaired) electrons. The quantitative estimate of drug-likeness (QED) is 0.444. The highest BCUT2D eigenvalue weighted by molar-refractivity contribution is 4.80. The van der Waals surface area contributed by atoms with Crippen LogP contribution < -0.4 is 5.32 Å². The van der Waals surface area contributed by atoms with Crippen molar-refractivity contribution in [1.29, 1.82) is 0 Å². The second-order valence-electron chi connectivity index (χ2n) is 5.84. The lowest BCUT2D eigenvalue weighted by atomic mass is 9.76. The predicted molar refractivity (Wildman–Crippen MR) is 88.9 cm³/mol. The molecule has 0 aliphatic carbocycles. The Balaban J connectivity index is 4.08. The van der Waals surface area contributed by atoms with Gasteiger partial charge in [0.05, 0.1) is 19.8 Å². The molecule has 0 bridgehead atoms. The van der Waals surface area contributed by atoms with Gasteiger partial charge >= 0.3 is 0 Å². The lowest BCUT2D eigenvalue weighted by molar-refractivity contribution is 0.0616. The standard InChI is InChI=1S/C17H37NO3/c1-5-7-9-17(6-2,16-18-11-13-19-3)10-8-12-21-15-14-20-4/h18H,5-16H2,1-4H3. The minimum atomic E-state index is 0.411. The Kier molecular flexibility index (Phi) is 14.7. The summed E-state index contributed by atoms with van der Waals surface area (Å²) < 4.78 is 15.7. The molecule has 1 atom stereocenters. The second-order valence-corrected chi connectivity index (χ2v) is 5.84. The third-order valence-electron chi connectivity index (χ3n) is 4.22. The van der Waals surface area contributed by atoms with Crippen LogP contribution in [0.5, 0.6) is 0 Å². The summed E-state index contributed by atoms with van der Waals surface area (Å²) in [4.78, 5) is 0. The molecule has 0 heterocycles. The summed E-state index contributed by atoms with van der Waals surface area (Å²) in [6, 6.07) is 0. The molecule has 0 saturated carbocycles. The highest BCUT2D eigenvalue weighted by Crippen LogP contribution is 2.33. The van der Waals surface area contributed by atoms with Gasteiger partial charge in [0.1, 0.15) is 0 Å². The third kappa shape index (κ3) is 11.1. The third-order valence-corrected chi connectivity index (χ3v) is 4.22. The zero-order valence-electron chi connectivity index (χ0n) is 14.7. The van der Waals surface area contributed by atoms with Gasteiger partial charge in [-0.2, -0.15) is 0 Å². The lowest BCUT2D eigenvalue weighted by Gasteiger charge is -2.33. The molecule has 0 aromatic carbocycles. The number of rotatable bonds is 16. The van der Waals surface area contributed by atoms with E-state index in [0.29, 0.717) is 18.6 Å². The van der Waals surface area contributed by atoms with Crippen molar-refractivity contribution in [1.82, 2.24) is 5.32 Å². The van der Waals surface area contributed by atoms with Crippen molar-refractivity contribution in [3.63, 3.8) is 0 Å². The fraction of sp³-hybridized carbons (Fsp3) is 1.00. The Labute approximate surface area is 131 Å². The Morgan fingerprint density at radius 1 is 0.857 bits per heavy atom. The summed E-state index contributed by atoms with van der Waals surface area (Å²) in [5.41, 5.74) is 0.411. The number of methoxy groups -OCH3 is 2. The first-order chi connectivity index (χ1) is 10.2. The number of unbranched alkanes of at least 4 members (excludes halogenated alkanes) is 1. The largest absolute Gasteiger partial charge is 0.383 e. The van der Waals surface area contributed by atoms with Crippen molar-refractivity contribution in [3.05, 3.63) is 0 Å². The van der Waals surface area contributed by atoms with Gasteiger partial charge in [-0.25, -0.2) is 0 Å². The summed E-state index contributed by atoms with van der Waals surface area (Å²) in [6.45, 7) is 9.64. The van der Waals surface area contributed by atoms with E-state index in [2.05, 4.69) is 19.2 Å². The van der Waals surface area contributed by atoms with E-state index < -0.39 is 0 Å². The molecule has 0 fully saturated rings. The van der Waals surface area contributed by atoms with Gasteiger partial charge in [-0.1, -0.05) is 26.7 Å². The lowest BCUT2D eigenvalue weighted by Crippen LogP contribution is -2.36. The highest BCUT2D eigenvalue weighted by atomic mass is 16.5. The maximum atomic E-state index is 5.60. The van der Waals surface area contributed by atoms with E-state index in [9.17, 15) is 0 Å². The number of ether oxygens (including phenoxy) is 3. The highest BCUT2D eigenvalue weighted by Gasteiger charge is 2.26. The summed E-state index contributed by atoms with van der Waals surface area (Å²) >= 11 is 0. The molecule has 0 saturated heterocycles. The van der Waals surface area contributed by atoms with Crippen molar-refractivity contribution in [2.75, 3.05) is 53.7 Å². The van der Waals surface area contributed by atoms with E-state index in [0.717, 1.165) is 32.7 Å². The Bertz CT molecular complexity index is 214. The number of hydrogen-bond acceptors (Lipinski definition) is 4. The first kappa shape index (κ1) is 20.8. The fourth-order valence-electron chi connectivity index (χ4n) is 2.65. The van der Waals surface area contributed by atoms with Gasteiger partial charge in [-0.3, -0.25) is 0 Å². The molecule has 1 N–H and O–H groups in total. The van der Waals surface area contributed by atoms with Crippen LogP contribution in [-0.4, -0.2) is 53.7 Å². The topological polar surface area (TPSA) is 39.7 Å². The zero-order valence-corrected chi connectivity index (χ0v) is 14.7. The number of nitrogens with one attached hydrogen (secondary N) is 1. The van der Waals surface area contributed by atoms with Gasteiger partial charge in [0.15, 0.2) is 0 Å². The SMILES string of the molecule is CCCCC(CC)(CCCOCCOC)CNCCOC. The van der Waals surface area contributed by atoms with Crippen LogP contribution in [0.3, 0.4) is 0 Å². The first-order valence-corrected chi connectivity index (χ1v) is 8.51. The van der Waals surface area contributed by atoms with Gasteiger partial charge in [0.2, 0.25) is 0 Å². The molecule has 4 nitrogen and oxygen atoms in total. The molecule has 0 aliphatic rings. The molecule has 0 aromatic rings. The summed E-state index contributed by atoms with van der Waals surface area (Å²) in [7, 11) is 3.46. The van der Waals surface area contributed by atoms with Gasteiger partial charge < -0.3 is 19.5 Å². The van der Waals surface area contributed by atoms with Gasteiger partial charge in [-0.05, 0) is 31.1 Å². The summed E-state index contributed by atoms with van der Waals surface area (Å²) in [5.74, 6) is 0. The van der Waals surface area contributed by atoms with Crippen LogP contribution in [0.1, 0.15) is 52.4 Å². The van der Waals surface area contributed by atoms with E-state index in [1.54, 1.807) is 14.2 Å². The van der Waals surface area contributed by atoms with Crippen LogP contribution in [0.2, 0.25) is 0 Å². The molecule has 4 heteroatoms. The van der Waals surface area contributed by atoms with Gasteiger partial charge in [0, 0.05) is 33.9 Å². The van der Waals surface area contributed by atoms with E-state index in [1.165, 1.54) is 32.1 Å². The molecular formula is C17H37NO3. The molecule has 0 aliphatic heterocycles. The molecule has 0 rings (SSSR count). The monoisotopic (exact) mass is 303 g/mol. The van der Waals surface area contributed by atoms with Crippen molar-refractivity contribution >= 4 is 0 Å². The average molecular weight is 303 g/mol. The molecule has 21 heavy (non-hydrogen) atoms. The Morgan fingerprint density at radius 3 is 2.19 bits per heavy atom. The van der Waals surface area contributed by atoms with E-state index in [4.69, 9.17) is 14.2 Å². The van der Waals surface area contributed by atoms with Crippen LogP contribution >= 0.6 is 0 Å².